The van der Waals surface area contributed by atoms with Gasteiger partial charge in [0.15, 0.2) is 0 Å². The first-order valence-electron chi connectivity index (χ1n) is 11.8. The van der Waals surface area contributed by atoms with Crippen LogP contribution in [0, 0.1) is 0 Å². The van der Waals surface area contributed by atoms with Crippen LogP contribution in [0.15, 0.2) is 91.0 Å². The van der Waals surface area contributed by atoms with Crippen molar-refractivity contribution in [2.75, 3.05) is 0 Å². The van der Waals surface area contributed by atoms with Gasteiger partial charge in [0.2, 0.25) is 0 Å². The molecule has 0 N–H and O–H groups in total. The third-order valence-corrected chi connectivity index (χ3v) is 6.34. The summed E-state index contributed by atoms with van der Waals surface area (Å²) in [4.78, 5) is 0. The molecule has 0 fully saturated rings. The molecule has 0 radical (unpaired) electrons. The van der Waals surface area contributed by atoms with Crippen molar-refractivity contribution >= 4 is 0 Å². The Hall–Kier alpha value is -2.34. The lowest BCUT2D eigenvalue weighted by Crippen LogP contribution is -2.01. The third-order valence-electron chi connectivity index (χ3n) is 6.34. The molecule has 160 valence electrons. The number of hydrogen-bond acceptors (Lipinski definition) is 0. The van der Waals surface area contributed by atoms with E-state index in [4.69, 9.17) is 0 Å². The second-order valence-electron chi connectivity index (χ2n) is 8.33. The van der Waals surface area contributed by atoms with Crippen LogP contribution in [0.3, 0.4) is 0 Å². The average molecular weight is 401 g/mol. The highest BCUT2D eigenvalue weighted by Crippen LogP contribution is 2.29. The van der Waals surface area contributed by atoms with Gasteiger partial charge in [-0.25, -0.2) is 0 Å². The minimum absolute atomic E-state index is 0.652. The first-order valence-corrected chi connectivity index (χ1v) is 11.8. The Morgan fingerprint density at radius 1 is 0.467 bits per heavy atom. The van der Waals surface area contributed by atoms with Gasteiger partial charge in [-0.05, 0) is 66.5 Å². The molecule has 0 aromatic heterocycles. The molecule has 0 heteroatoms. The van der Waals surface area contributed by atoms with Crippen LogP contribution < -0.4 is 0 Å². The molecule has 0 aliphatic heterocycles. The molecule has 30 heavy (non-hydrogen) atoms. The highest BCUT2D eigenvalue weighted by molar-refractivity contribution is 5.21. The molecule has 2 atom stereocenters. The second kappa shape index (κ2) is 13.8. The molecule has 0 spiro atoms. The molecule has 0 aliphatic carbocycles. The van der Waals surface area contributed by atoms with E-state index < -0.39 is 0 Å². The maximum Gasteiger partial charge on any atom is -0.0164 e. The van der Waals surface area contributed by atoms with E-state index in [1.807, 2.05) is 0 Å². The number of benzene rings is 3. The lowest BCUT2D eigenvalue weighted by atomic mass is 9.87. The average Bonchev–Trinajstić information content (AvgIpc) is 2.82. The summed E-state index contributed by atoms with van der Waals surface area (Å²) in [5.41, 5.74) is 4.44. The fraction of sp³-hybridized carbons (Fsp3) is 0.400. The van der Waals surface area contributed by atoms with Crippen molar-refractivity contribution in [1.82, 2.24) is 0 Å². The molecule has 3 aromatic rings. The van der Waals surface area contributed by atoms with Gasteiger partial charge in [-0.3, -0.25) is 0 Å². The summed E-state index contributed by atoms with van der Waals surface area (Å²) in [6.45, 7) is 9.14. The summed E-state index contributed by atoms with van der Waals surface area (Å²) in [5.74, 6) is 2.11. The molecule has 0 heterocycles. The molecular weight excluding hydrogens is 360 g/mol. The molecule has 0 nitrogen and oxygen atoms in total. The van der Waals surface area contributed by atoms with Crippen LogP contribution in [-0.4, -0.2) is 0 Å². The third kappa shape index (κ3) is 7.82. The van der Waals surface area contributed by atoms with Gasteiger partial charge in [0.1, 0.15) is 0 Å². The zero-order valence-corrected chi connectivity index (χ0v) is 19.4. The molecule has 3 aromatic carbocycles. The van der Waals surface area contributed by atoms with Gasteiger partial charge in [-0.15, -0.1) is 0 Å². The second-order valence-corrected chi connectivity index (χ2v) is 8.33. The van der Waals surface area contributed by atoms with Crippen molar-refractivity contribution in [1.29, 1.82) is 0 Å². The van der Waals surface area contributed by atoms with E-state index in [1.54, 1.807) is 0 Å². The van der Waals surface area contributed by atoms with Crippen LogP contribution in [0.25, 0.3) is 0 Å². The Labute approximate surface area is 185 Å². The van der Waals surface area contributed by atoms with Crippen LogP contribution in [0.5, 0.6) is 0 Å². The van der Waals surface area contributed by atoms with Gasteiger partial charge in [0.05, 0.1) is 0 Å². The van der Waals surface area contributed by atoms with Crippen molar-refractivity contribution < 1.29 is 0 Å². The summed E-state index contributed by atoms with van der Waals surface area (Å²) in [7, 11) is 0. The summed E-state index contributed by atoms with van der Waals surface area (Å²) in [5, 5.41) is 0. The Morgan fingerprint density at radius 3 is 1.23 bits per heavy atom. The van der Waals surface area contributed by atoms with E-state index >= 15 is 0 Å². The van der Waals surface area contributed by atoms with E-state index in [1.165, 1.54) is 48.8 Å². The normalized spacial score (nSPS) is 12.7. The van der Waals surface area contributed by atoms with Crippen LogP contribution in [-0.2, 0) is 0 Å². The molecule has 2 unspecified atom stereocenters. The maximum absolute atomic E-state index is 2.34. The predicted octanol–water partition coefficient (Wildman–Crippen LogP) is 9.35. The molecule has 0 aliphatic rings. The van der Waals surface area contributed by atoms with Crippen LogP contribution in [0.4, 0.5) is 0 Å². The zero-order chi connectivity index (χ0) is 21.6. The first kappa shape index (κ1) is 23.9. The summed E-state index contributed by atoms with van der Waals surface area (Å²) >= 11 is 0. The minimum Gasteiger partial charge on any atom is -0.0648 e. The van der Waals surface area contributed by atoms with E-state index in [9.17, 15) is 0 Å². The highest BCUT2D eigenvalue weighted by atomic mass is 14.2. The molecular formula is C30H40. The van der Waals surface area contributed by atoms with Gasteiger partial charge in [0.25, 0.3) is 0 Å². The summed E-state index contributed by atoms with van der Waals surface area (Å²) in [6.07, 6.45) is 6.26. The van der Waals surface area contributed by atoms with Crippen molar-refractivity contribution in [2.24, 2.45) is 0 Å². The molecule has 0 amide bonds. The Kier molecular flexibility index (Phi) is 11.0. The SMILES string of the molecule is CCC(CC)c1ccccc1.CCC(CCC(C)c1ccccc1)c1ccccc1. The topological polar surface area (TPSA) is 0 Å². The van der Waals surface area contributed by atoms with Gasteiger partial charge < -0.3 is 0 Å². The van der Waals surface area contributed by atoms with Gasteiger partial charge >= 0.3 is 0 Å². The van der Waals surface area contributed by atoms with Crippen LogP contribution in [0.1, 0.15) is 94.2 Å². The van der Waals surface area contributed by atoms with Gasteiger partial charge in [-0.2, -0.15) is 0 Å². The summed E-state index contributed by atoms with van der Waals surface area (Å²) < 4.78 is 0. The van der Waals surface area contributed by atoms with Crippen molar-refractivity contribution in [3.05, 3.63) is 108 Å². The van der Waals surface area contributed by atoms with E-state index in [0.29, 0.717) is 11.8 Å². The number of rotatable bonds is 9. The maximum atomic E-state index is 2.34. The quantitative estimate of drug-likeness (QED) is 0.335. The van der Waals surface area contributed by atoms with E-state index in [-0.39, 0.29) is 0 Å². The van der Waals surface area contributed by atoms with Crippen LogP contribution >= 0.6 is 0 Å². The minimum atomic E-state index is 0.652. The fourth-order valence-corrected chi connectivity index (χ4v) is 4.22. The molecule has 3 rings (SSSR count). The fourth-order valence-electron chi connectivity index (χ4n) is 4.22. The number of hydrogen-bond donors (Lipinski definition) is 0. The first-order chi connectivity index (χ1) is 14.7. The molecule has 0 bridgehead atoms. The molecule has 0 saturated carbocycles. The Balaban J connectivity index is 0.000000248. The van der Waals surface area contributed by atoms with Crippen molar-refractivity contribution in [3.8, 4) is 0 Å². The smallest absolute Gasteiger partial charge is 0.0164 e. The summed E-state index contributed by atoms with van der Waals surface area (Å²) in [6, 6.07) is 32.5. The lowest BCUT2D eigenvalue weighted by Gasteiger charge is -2.18. The lowest BCUT2D eigenvalue weighted by molar-refractivity contribution is 0.535. The standard InChI is InChI=1S/C19H24.C11H16/c1-3-17(19-12-8-5-9-13-19)15-14-16(2)18-10-6-4-7-11-18;1-3-10(4-2)11-8-6-5-7-9-11/h4-13,16-17H,3,14-15H2,1-2H3;5-10H,3-4H2,1-2H3. The largest absolute Gasteiger partial charge is 0.0648 e. The van der Waals surface area contributed by atoms with Crippen LogP contribution in [0.2, 0.25) is 0 Å². The Morgan fingerprint density at radius 2 is 0.833 bits per heavy atom. The zero-order valence-electron chi connectivity index (χ0n) is 19.4. The van der Waals surface area contributed by atoms with Crippen molar-refractivity contribution in [3.63, 3.8) is 0 Å². The van der Waals surface area contributed by atoms with Gasteiger partial charge in [0, 0.05) is 0 Å². The Bertz CT molecular complexity index is 772. The van der Waals surface area contributed by atoms with Crippen molar-refractivity contribution in [2.45, 2.75) is 77.6 Å². The van der Waals surface area contributed by atoms with Gasteiger partial charge in [-0.1, -0.05) is 119 Å². The molecule has 0 saturated heterocycles. The highest BCUT2D eigenvalue weighted by Gasteiger charge is 2.12. The van der Waals surface area contributed by atoms with E-state index in [0.717, 1.165) is 5.92 Å². The monoisotopic (exact) mass is 400 g/mol. The van der Waals surface area contributed by atoms with E-state index in [2.05, 4.69) is 119 Å². The predicted molar refractivity (Wildman–Crippen MR) is 133 cm³/mol.